The smallest absolute Gasteiger partial charge is 0.318 e. The molecule has 1 aromatic heterocycles. The number of carbonyl (C=O) groups excluding carboxylic acids is 2. The zero-order chi connectivity index (χ0) is 29.6. The minimum absolute atomic E-state index is 0.221. The summed E-state index contributed by atoms with van der Waals surface area (Å²) in [6.45, 7) is 5.41. The van der Waals surface area contributed by atoms with Crippen LogP contribution in [-0.2, 0) is 11.3 Å². The van der Waals surface area contributed by atoms with E-state index in [1.807, 2.05) is 93.0 Å². The fourth-order valence-corrected chi connectivity index (χ4v) is 6.16. The van der Waals surface area contributed by atoms with Gasteiger partial charge in [-0.2, -0.15) is 0 Å². The summed E-state index contributed by atoms with van der Waals surface area (Å²) in [5, 5.41) is 7.35. The number of para-hydroxylation sites is 2. The molecule has 2 atom stereocenters. The third-order valence-electron chi connectivity index (χ3n) is 7.88. The van der Waals surface area contributed by atoms with E-state index in [0.29, 0.717) is 13.1 Å². The van der Waals surface area contributed by atoms with Crippen LogP contribution in [0.1, 0.15) is 24.0 Å². The molecule has 3 amide bonds. The van der Waals surface area contributed by atoms with Crippen molar-refractivity contribution in [2.24, 2.45) is 0 Å². The van der Waals surface area contributed by atoms with Gasteiger partial charge in [0.15, 0.2) is 0 Å². The van der Waals surface area contributed by atoms with E-state index in [1.165, 1.54) is 0 Å². The Bertz CT molecular complexity index is 1510. The van der Waals surface area contributed by atoms with Gasteiger partial charge in [-0.05, 0) is 61.8 Å². The maximum Gasteiger partial charge on any atom is 0.318 e. The quantitative estimate of drug-likeness (QED) is 0.223. The van der Waals surface area contributed by atoms with Crippen LogP contribution >= 0.6 is 11.8 Å². The molecule has 0 aliphatic carbocycles. The predicted molar refractivity (Wildman–Crippen MR) is 174 cm³/mol. The highest BCUT2D eigenvalue weighted by Gasteiger charge is 2.32. The lowest BCUT2D eigenvalue weighted by Crippen LogP contribution is -2.56. The molecule has 4 aromatic rings. The van der Waals surface area contributed by atoms with Crippen LogP contribution in [-0.4, -0.2) is 79.3 Å². The lowest BCUT2D eigenvalue weighted by molar-refractivity contribution is -0.118. The lowest BCUT2D eigenvalue weighted by atomic mass is 9.92. The van der Waals surface area contributed by atoms with E-state index in [-0.39, 0.29) is 17.9 Å². The summed E-state index contributed by atoms with van der Waals surface area (Å²) in [5.41, 5.74) is 5.02. The summed E-state index contributed by atoms with van der Waals surface area (Å²) in [7, 11) is 4.05. The van der Waals surface area contributed by atoms with E-state index >= 15 is 0 Å². The van der Waals surface area contributed by atoms with Crippen molar-refractivity contribution < 1.29 is 9.59 Å². The monoisotopic (exact) mass is 584 g/mol. The average Bonchev–Trinajstić information content (AvgIpc) is 3.44. The molecule has 2 heterocycles. The first-order valence-electron chi connectivity index (χ1n) is 14.4. The van der Waals surface area contributed by atoms with Gasteiger partial charge in [-0.25, -0.2) is 4.79 Å². The summed E-state index contributed by atoms with van der Waals surface area (Å²) >= 11 is 1.59. The Morgan fingerprint density at radius 3 is 2.40 bits per heavy atom. The molecule has 3 N–H and O–H groups in total. The molecule has 3 aromatic carbocycles. The van der Waals surface area contributed by atoms with Crippen molar-refractivity contribution in [2.45, 2.75) is 30.3 Å². The first-order valence-corrected chi connectivity index (χ1v) is 15.6. The second-order valence-electron chi connectivity index (χ2n) is 11.1. The molecule has 0 saturated carbocycles. The number of H-pyrrole nitrogens is 1. The first kappa shape index (κ1) is 29.5. The zero-order valence-electron chi connectivity index (χ0n) is 24.8. The molecule has 1 fully saturated rings. The number of carbonyl (C=O) groups is 2. The molecule has 1 aliphatic rings. The molecular weight excluding hydrogens is 544 g/mol. The van der Waals surface area contributed by atoms with Crippen LogP contribution in [0.5, 0.6) is 0 Å². The van der Waals surface area contributed by atoms with E-state index in [4.69, 9.17) is 0 Å². The van der Waals surface area contributed by atoms with Crippen molar-refractivity contribution in [2.75, 3.05) is 56.7 Å². The number of hydrogen-bond donors (Lipinski definition) is 3. The van der Waals surface area contributed by atoms with Gasteiger partial charge in [0.25, 0.3) is 0 Å². The first-order chi connectivity index (χ1) is 20.3. The minimum Gasteiger partial charge on any atom is -0.368 e. The number of anilines is 2. The van der Waals surface area contributed by atoms with E-state index in [0.717, 1.165) is 57.9 Å². The summed E-state index contributed by atoms with van der Waals surface area (Å²) in [4.78, 5) is 38.2. The van der Waals surface area contributed by atoms with E-state index < -0.39 is 6.04 Å². The molecule has 9 heteroatoms. The number of urea groups is 1. The Balaban J connectivity index is 1.37. The number of benzene rings is 3. The Kier molecular flexibility index (Phi) is 9.39. The van der Waals surface area contributed by atoms with Crippen molar-refractivity contribution in [3.63, 3.8) is 0 Å². The SMILES string of the molecule is CSc1ccc(CN(C)C)cc1NC(=O)[C@H](NC(=O)N1CCN(c2ccccc2)CC1)[C@H](C)c1c[nH]c2ccccc12. The molecule has 5 rings (SSSR count). The second kappa shape index (κ2) is 13.4. The Hall–Kier alpha value is -3.95. The molecule has 1 saturated heterocycles. The van der Waals surface area contributed by atoms with Gasteiger partial charge < -0.3 is 30.3 Å². The number of fused-ring (bicyclic) bond motifs is 1. The summed E-state index contributed by atoms with van der Waals surface area (Å²) in [5.74, 6) is -0.514. The molecule has 42 heavy (non-hydrogen) atoms. The fraction of sp³-hybridized carbons (Fsp3) is 0.333. The van der Waals surface area contributed by atoms with Gasteiger partial charge in [0.2, 0.25) is 5.91 Å². The molecule has 0 bridgehead atoms. The Morgan fingerprint density at radius 2 is 1.69 bits per heavy atom. The van der Waals surface area contributed by atoms with Crippen molar-refractivity contribution in [3.05, 3.63) is 90.1 Å². The van der Waals surface area contributed by atoms with Gasteiger partial charge in [-0.15, -0.1) is 11.8 Å². The zero-order valence-corrected chi connectivity index (χ0v) is 25.6. The minimum atomic E-state index is -0.781. The van der Waals surface area contributed by atoms with E-state index in [2.05, 4.69) is 43.6 Å². The molecule has 0 unspecified atom stereocenters. The van der Waals surface area contributed by atoms with E-state index in [9.17, 15) is 9.59 Å². The number of nitrogens with zero attached hydrogens (tertiary/aromatic N) is 3. The average molecular weight is 585 g/mol. The van der Waals surface area contributed by atoms with Crippen molar-refractivity contribution in [3.8, 4) is 0 Å². The maximum atomic E-state index is 14.1. The summed E-state index contributed by atoms with van der Waals surface area (Å²) in [6.07, 6.45) is 3.95. The number of aromatic amines is 1. The van der Waals surface area contributed by atoms with Gasteiger partial charge in [0, 0.05) is 66.3 Å². The largest absolute Gasteiger partial charge is 0.368 e. The van der Waals surface area contributed by atoms with Crippen LogP contribution in [0.3, 0.4) is 0 Å². The molecule has 0 spiro atoms. The normalized spacial score (nSPS) is 15.1. The van der Waals surface area contributed by atoms with Crippen molar-refractivity contribution >= 4 is 46.0 Å². The third-order valence-corrected chi connectivity index (χ3v) is 8.68. The molecular formula is C33H40N6O2S. The maximum absolute atomic E-state index is 14.1. The topological polar surface area (TPSA) is 83.7 Å². The number of aromatic nitrogens is 1. The Morgan fingerprint density at radius 1 is 0.976 bits per heavy atom. The van der Waals surface area contributed by atoms with Crippen molar-refractivity contribution in [1.82, 2.24) is 20.1 Å². The Labute approximate surface area is 252 Å². The van der Waals surface area contributed by atoms with Crippen LogP contribution in [0, 0.1) is 0 Å². The number of rotatable bonds is 9. The molecule has 220 valence electrons. The number of thioether (sulfide) groups is 1. The van der Waals surface area contributed by atoms with Gasteiger partial charge in [0.1, 0.15) is 6.04 Å². The standard InChI is InChI=1S/C33H40N6O2S/c1-23(27-21-34-28-13-9-8-12-26(27)28)31(32(40)35-29-20-24(22-37(2)3)14-15-30(29)42-4)36-33(41)39-18-16-38(17-19-39)25-10-6-5-7-11-25/h5-15,20-21,23,31,34H,16-19,22H2,1-4H3,(H,35,40)(H,36,41)/t23-,31-/m1/s1. The van der Waals surface area contributed by atoms with E-state index in [1.54, 1.807) is 11.8 Å². The number of amides is 3. The summed E-state index contributed by atoms with van der Waals surface area (Å²) in [6, 6.07) is 23.5. The van der Waals surface area contributed by atoms with Crippen LogP contribution in [0.15, 0.2) is 83.9 Å². The highest BCUT2D eigenvalue weighted by atomic mass is 32.2. The van der Waals surface area contributed by atoms with Crippen LogP contribution in [0.2, 0.25) is 0 Å². The highest BCUT2D eigenvalue weighted by Crippen LogP contribution is 2.31. The predicted octanol–water partition coefficient (Wildman–Crippen LogP) is 5.59. The van der Waals surface area contributed by atoms with Gasteiger partial charge in [-0.3, -0.25) is 4.79 Å². The van der Waals surface area contributed by atoms with Crippen LogP contribution < -0.4 is 15.5 Å². The number of piperazine rings is 1. The lowest BCUT2D eigenvalue weighted by Gasteiger charge is -2.37. The third kappa shape index (κ3) is 6.74. The molecule has 8 nitrogen and oxygen atoms in total. The van der Waals surface area contributed by atoms with Crippen LogP contribution in [0.4, 0.5) is 16.2 Å². The molecule has 1 aliphatic heterocycles. The molecule has 0 radical (unpaired) electrons. The highest BCUT2D eigenvalue weighted by molar-refractivity contribution is 7.98. The summed E-state index contributed by atoms with van der Waals surface area (Å²) < 4.78 is 0. The van der Waals surface area contributed by atoms with Crippen molar-refractivity contribution in [1.29, 1.82) is 0 Å². The number of hydrogen-bond acceptors (Lipinski definition) is 5. The van der Waals surface area contributed by atoms with Gasteiger partial charge >= 0.3 is 6.03 Å². The van der Waals surface area contributed by atoms with Gasteiger partial charge in [-0.1, -0.05) is 49.4 Å². The van der Waals surface area contributed by atoms with Crippen LogP contribution in [0.25, 0.3) is 10.9 Å². The number of nitrogens with one attached hydrogen (secondary N) is 3. The van der Waals surface area contributed by atoms with Gasteiger partial charge in [0.05, 0.1) is 5.69 Å². The fourth-order valence-electron chi connectivity index (χ4n) is 5.63. The second-order valence-corrected chi connectivity index (χ2v) is 11.9.